The van der Waals surface area contributed by atoms with E-state index in [1.807, 2.05) is 0 Å². The van der Waals surface area contributed by atoms with E-state index < -0.39 is 11.6 Å². The number of pyridine rings is 1. The highest BCUT2D eigenvalue weighted by atomic mass is 19.2. The number of nitrogens with zero attached hydrogens (tertiary/aromatic N) is 2. The van der Waals surface area contributed by atoms with Gasteiger partial charge in [-0.25, -0.2) is 13.8 Å². The van der Waals surface area contributed by atoms with Crippen LogP contribution in [0.25, 0.3) is 11.1 Å². The molecule has 0 fully saturated rings. The maximum Gasteiger partial charge on any atom is 0.273 e. The van der Waals surface area contributed by atoms with Gasteiger partial charge in [-0.3, -0.25) is 4.79 Å². The van der Waals surface area contributed by atoms with Gasteiger partial charge in [0, 0.05) is 30.6 Å². The second-order valence-electron chi connectivity index (χ2n) is 4.99. The third-order valence-electron chi connectivity index (χ3n) is 3.44. The fourth-order valence-electron chi connectivity index (χ4n) is 2.23. The minimum absolute atomic E-state index is 0.123. The second-order valence-corrected chi connectivity index (χ2v) is 4.99. The lowest BCUT2D eigenvalue weighted by atomic mass is 10.1. The minimum Gasteiger partial charge on any atom is -0.347 e. The fourth-order valence-corrected chi connectivity index (χ4v) is 2.23. The van der Waals surface area contributed by atoms with E-state index in [0.717, 1.165) is 6.07 Å². The number of rotatable bonds is 3. The highest BCUT2D eigenvalue weighted by molar-refractivity contribution is 6.02. The Kier molecular flexibility index (Phi) is 3.89. The third-order valence-corrected chi connectivity index (χ3v) is 3.44. The predicted molar refractivity (Wildman–Crippen MR) is 83.0 cm³/mol. The number of nitrogens with one attached hydrogen (secondary N) is 1. The maximum atomic E-state index is 13.8. The molecule has 0 spiro atoms. The smallest absolute Gasteiger partial charge is 0.273 e. The number of anilines is 1. The maximum absolute atomic E-state index is 13.8. The molecule has 116 valence electrons. The van der Waals surface area contributed by atoms with Gasteiger partial charge in [0.2, 0.25) is 0 Å². The average Bonchev–Trinajstić information content (AvgIpc) is 2.97. The van der Waals surface area contributed by atoms with Crippen molar-refractivity contribution in [2.24, 2.45) is 7.05 Å². The van der Waals surface area contributed by atoms with Crippen LogP contribution in [0, 0.1) is 11.6 Å². The summed E-state index contributed by atoms with van der Waals surface area (Å²) in [7, 11) is 1.76. The van der Waals surface area contributed by atoms with Crippen molar-refractivity contribution < 1.29 is 13.6 Å². The number of aryl methyl sites for hydroxylation is 1. The van der Waals surface area contributed by atoms with Crippen LogP contribution in [0.15, 0.2) is 54.9 Å². The molecule has 0 aliphatic heterocycles. The van der Waals surface area contributed by atoms with E-state index in [1.54, 1.807) is 42.1 Å². The molecule has 0 unspecified atom stereocenters. The molecule has 6 heteroatoms. The molecule has 0 aliphatic rings. The molecule has 0 bridgehead atoms. The molecule has 0 aliphatic carbocycles. The van der Waals surface area contributed by atoms with Crippen LogP contribution in [0.3, 0.4) is 0 Å². The zero-order valence-corrected chi connectivity index (χ0v) is 12.3. The zero-order valence-electron chi connectivity index (χ0n) is 12.3. The van der Waals surface area contributed by atoms with Crippen molar-refractivity contribution in [1.82, 2.24) is 9.55 Å². The van der Waals surface area contributed by atoms with Crippen LogP contribution in [-0.2, 0) is 7.05 Å². The Morgan fingerprint density at radius 2 is 1.96 bits per heavy atom. The monoisotopic (exact) mass is 313 g/mol. The van der Waals surface area contributed by atoms with Gasteiger partial charge in [-0.15, -0.1) is 0 Å². The molecule has 0 saturated heterocycles. The molecule has 0 atom stereocenters. The van der Waals surface area contributed by atoms with Crippen LogP contribution < -0.4 is 5.32 Å². The van der Waals surface area contributed by atoms with E-state index in [4.69, 9.17) is 0 Å². The second kappa shape index (κ2) is 6.00. The Bertz CT molecular complexity index is 857. The summed E-state index contributed by atoms with van der Waals surface area (Å²) in [5.74, 6) is -1.80. The Hall–Kier alpha value is -3.02. The molecule has 3 rings (SSSR count). The average molecular weight is 313 g/mol. The fraction of sp³-hybridized carbons (Fsp3) is 0.0588. The normalized spacial score (nSPS) is 10.6. The predicted octanol–water partition coefficient (Wildman–Crippen LogP) is 3.62. The van der Waals surface area contributed by atoms with E-state index >= 15 is 0 Å². The minimum atomic E-state index is -0.921. The standard InChI is InChI=1S/C17H13F2N3O/c1-22-9-3-6-14(22)17(23)21-15-8-7-11(10-20-15)12-4-2-5-13(18)16(12)19/h2-10H,1H3,(H,20,21,23). The van der Waals surface area contributed by atoms with E-state index in [1.165, 1.54) is 18.3 Å². The molecule has 1 amide bonds. The van der Waals surface area contributed by atoms with Crippen molar-refractivity contribution in [3.05, 3.63) is 72.2 Å². The molecule has 1 aromatic carbocycles. The third kappa shape index (κ3) is 2.96. The Balaban J connectivity index is 1.81. The molecular formula is C17H13F2N3O. The Morgan fingerprint density at radius 1 is 1.13 bits per heavy atom. The van der Waals surface area contributed by atoms with Crippen molar-refractivity contribution in [3.8, 4) is 11.1 Å². The van der Waals surface area contributed by atoms with Crippen LogP contribution in [0.5, 0.6) is 0 Å². The summed E-state index contributed by atoms with van der Waals surface area (Å²) in [6, 6.07) is 10.5. The van der Waals surface area contributed by atoms with Crippen LogP contribution in [-0.4, -0.2) is 15.5 Å². The Morgan fingerprint density at radius 3 is 2.61 bits per heavy atom. The number of hydrogen-bond acceptors (Lipinski definition) is 2. The van der Waals surface area contributed by atoms with Gasteiger partial charge >= 0.3 is 0 Å². The van der Waals surface area contributed by atoms with Gasteiger partial charge in [-0.2, -0.15) is 0 Å². The summed E-state index contributed by atoms with van der Waals surface area (Å²) < 4.78 is 28.7. The number of hydrogen-bond donors (Lipinski definition) is 1. The first-order chi connectivity index (χ1) is 11.1. The Labute approximate surface area is 131 Å². The molecule has 2 aromatic heterocycles. The number of halogens is 2. The van der Waals surface area contributed by atoms with E-state index in [2.05, 4.69) is 10.3 Å². The van der Waals surface area contributed by atoms with Gasteiger partial charge in [0.1, 0.15) is 11.5 Å². The summed E-state index contributed by atoms with van der Waals surface area (Å²) in [5, 5.41) is 2.65. The van der Waals surface area contributed by atoms with Crippen LogP contribution in [0.2, 0.25) is 0 Å². The molecule has 2 heterocycles. The summed E-state index contributed by atoms with van der Waals surface area (Å²) in [6.45, 7) is 0. The number of carbonyl (C=O) groups excluding carboxylic acids is 1. The van der Waals surface area contributed by atoms with Crippen molar-refractivity contribution in [2.75, 3.05) is 5.32 Å². The van der Waals surface area contributed by atoms with Crippen molar-refractivity contribution in [2.45, 2.75) is 0 Å². The summed E-state index contributed by atoms with van der Waals surface area (Å²) in [5.41, 5.74) is 1.05. The van der Waals surface area contributed by atoms with Gasteiger partial charge in [0.05, 0.1) is 0 Å². The summed E-state index contributed by atoms with van der Waals surface area (Å²) in [4.78, 5) is 16.1. The van der Waals surface area contributed by atoms with Gasteiger partial charge in [-0.1, -0.05) is 12.1 Å². The first kappa shape index (κ1) is 14.9. The quantitative estimate of drug-likeness (QED) is 0.803. The van der Waals surface area contributed by atoms with Gasteiger partial charge in [-0.05, 0) is 30.3 Å². The van der Waals surface area contributed by atoms with Gasteiger partial charge in [0.25, 0.3) is 5.91 Å². The molecular weight excluding hydrogens is 300 g/mol. The van der Waals surface area contributed by atoms with Crippen LogP contribution >= 0.6 is 0 Å². The number of amides is 1. The highest BCUT2D eigenvalue weighted by Crippen LogP contribution is 2.24. The lowest BCUT2D eigenvalue weighted by molar-refractivity contribution is 0.101. The van der Waals surface area contributed by atoms with E-state index in [-0.39, 0.29) is 11.5 Å². The number of aromatic nitrogens is 2. The molecule has 4 nitrogen and oxygen atoms in total. The van der Waals surface area contributed by atoms with Gasteiger partial charge < -0.3 is 9.88 Å². The summed E-state index contributed by atoms with van der Waals surface area (Å²) >= 11 is 0. The van der Waals surface area contributed by atoms with Crippen LogP contribution in [0.4, 0.5) is 14.6 Å². The lowest BCUT2D eigenvalue weighted by Gasteiger charge is -2.07. The van der Waals surface area contributed by atoms with E-state index in [9.17, 15) is 13.6 Å². The number of benzene rings is 1. The molecule has 23 heavy (non-hydrogen) atoms. The van der Waals surface area contributed by atoms with E-state index in [0.29, 0.717) is 17.1 Å². The van der Waals surface area contributed by atoms with Crippen LogP contribution in [0.1, 0.15) is 10.5 Å². The SMILES string of the molecule is Cn1cccc1C(=O)Nc1ccc(-c2cccc(F)c2F)cn1. The largest absolute Gasteiger partial charge is 0.347 e. The van der Waals surface area contributed by atoms with Crippen molar-refractivity contribution in [3.63, 3.8) is 0 Å². The molecule has 1 N–H and O–H groups in total. The van der Waals surface area contributed by atoms with Crippen molar-refractivity contribution in [1.29, 1.82) is 0 Å². The first-order valence-corrected chi connectivity index (χ1v) is 6.89. The highest BCUT2D eigenvalue weighted by Gasteiger charge is 2.12. The van der Waals surface area contributed by atoms with Gasteiger partial charge in [0.15, 0.2) is 11.6 Å². The molecule has 3 aromatic rings. The van der Waals surface area contributed by atoms with Crippen molar-refractivity contribution >= 4 is 11.7 Å². The molecule has 0 radical (unpaired) electrons. The molecule has 0 saturated carbocycles. The number of carbonyl (C=O) groups is 1. The first-order valence-electron chi connectivity index (χ1n) is 6.89. The topological polar surface area (TPSA) is 46.9 Å². The summed E-state index contributed by atoms with van der Waals surface area (Å²) in [6.07, 6.45) is 3.15. The zero-order chi connectivity index (χ0) is 16.4. The lowest BCUT2D eigenvalue weighted by Crippen LogP contribution is -2.16.